The smallest absolute Gasteiger partial charge is 0.406 e. The predicted octanol–water partition coefficient (Wildman–Crippen LogP) is 3.25. The lowest BCUT2D eigenvalue weighted by Gasteiger charge is -2.30. The summed E-state index contributed by atoms with van der Waals surface area (Å²) in [5.74, 6) is -0.443. The quantitative estimate of drug-likeness (QED) is 0.517. The molecule has 0 N–H and O–H groups in total. The van der Waals surface area contributed by atoms with Gasteiger partial charge in [0.05, 0.1) is 18.9 Å². The van der Waals surface area contributed by atoms with E-state index in [-0.39, 0.29) is 11.7 Å². The SMILES string of the molecule is O=C([C@@H](Sc1nnnn1-c1ccc(OC(F)(F)F)cc1)c1ccccc1)N1CCOCC1. The van der Waals surface area contributed by atoms with Gasteiger partial charge in [0, 0.05) is 13.1 Å². The van der Waals surface area contributed by atoms with Crippen LogP contribution in [0, 0.1) is 0 Å². The molecule has 1 fully saturated rings. The van der Waals surface area contributed by atoms with E-state index >= 15 is 0 Å². The van der Waals surface area contributed by atoms with Crippen LogP contribution >= 0.6 is 11.8 Å². The summed E-state index contributed by atoms with van der Waals surface area (Å²) in [7, 11) is 0. The Morgan fingerprint density at radius 2 is 1.75 bits per heavy atom. The first kappa shape index (κ1) is 22.1. The van der Waals surface area contributed by atoms with E-state index in [0.29, 0.717) is 37.1 Å². The standard InChI is InChI=1S/C20H18F3N5O3S/c21-20(22,23)31-16-8-6-15(7-9-16)28-19(24-25-26-28)32-17(14-4-2-1-3-5-14)18(29)27-10-12-30-13-11-27/h1-9,17H,10-13H2/t17-/m0/s1. The van der Waals surface area contributed by atoms with Crippen molar-refractivity contribution in [3.05, 3.63) is 60.2 Å². The number of hydrogen-bond acceptors (Lipinski definition) is 7. The summed E-state index contributed by atoms with van der Waals surface area (Å²) < 4.78 is 47.8. The molecule has 4 rings (SSSR count). The van der Waals surface area contributed by atoms with Crippen LogP contribution in [0.2, 0.25) is 0 Å². The second-order valence-corrected chi connectivity index (χ2v) is 7.83. The highest BCUT2D eigenvalue weighted by Crippen LogP contribution is 2.36. The maximum atomic E-state index is 13.3. The molecule has 12 heteroatoms. The fourth-order valence-corrected chi connectivity index (χ4v) is 4.23. The van der Waals surface area contributed by atoms with E-state index in [1.807, 2.05) is 30.3 Å². The van der Waals surface area contributed by atoms with E-state index in [1.54, 1.807) is 4.90 Å². The number of morpholine rings is 1. The highest BCUT2D eigenvalue weighted by Gasteiger charge is 2.32. The lowest BCUT2D eigenvalue weighted by atomic mass is 10.1. The molecular formula is C20H18F3N5O3S. The molecule has 1 saturated heterocycles. The second-order valence-electron chi connectivity index (χ2n) is 6.76. The monoisotopic (exact) mass is 465 g/mol. The average molecular weight is 465 g/mol. The van der Waals surface area contributed by atoms with Gasteiger partial charge in [-0.05, 0) is 40.3 Å². The largest absolute Gasteiger partial charge is 0.573 e. The van der Waals surface area contributed by atoms with E-state index < -0.39 is 11.6 Å². The molecular weight excluding hydrogens is 447 g/mol. The van der Waals surface area contributed by atoms with Gasteiger partial charge in [-0.3, -0.25) is 4.79 Å². The highest BCUT2D eigenvalue weighted by atomic mass is 32.2. The van der Waals surface area contributed by atoms with Crippen LogP contribution in [-0.4, -0.2) is 63.7 Å². The molecule has 0 bridgehead atoms. The molecule has 32 heavy (non-hydrogen) atoms. The van der Waals surface area contributed by atoms with E-state index in [2.05, 4.69) is 20.3 Å². The average Bonchev–Trinajstić information content (AvgIpc) is 3.26. The number of ether oxygens (including phenoxy) is 2. The van der Waals surface area contributed by atoms with Crippen molar-refractivity contribution in [1.29, 1.82) is 0 Å². The molecule has 1 aromatic heterocycles. The van der Waals surface area contributed by atoms with Gasteiger partial charge in [-0.1, -0.05) is 42.1 Å². The summed E-state index contributed by atoms with van der Waals surface area (Å²) in [4.78, 5) is 15.0. The van der Waals surface area contributed by atoms with Crippen LogP contribution < -0.4 is 4.74 Å². The molecule has 1 aliphatic rings. The Kier molecular flexibility index (Phi) is 6.61. The maximum Gasteiger partial charge on any atom is 0.573 e. The zero-order valence-corrected chi connectivity index (χ0v) is 17.4. The zero-order valence-electron chi connectivity index (χ0n) is 16.6. The van der Waals surface area contributed by atoms with Crippen molar-refractivity contribution in [3.8, 4) is 11.4 Å². The minimum atomic E-state index is -4.78. The van der Waals surface area contributed by atoms with E-state index in [1.165, 1.54) is 40.7 Å². The number of amides is 1. The summed E-state index contributed by atoms with van der Waals surface area (Å²) in [5.41, 5.74) is 1.22. The van der Waals surface area contributed by atoms with Gasteiger partial charge >= 0.3 is 6.36 Å². The zero-order chi connectivity index (χ0) is 22.6. The van der Waals surface area contributed by atoms with E-state index in [0.717, 1.165) is 5.56 Å². The fraction of sp³-hybridized carbons (Fsp3) is 0.300. The van der Waals surface area contributed by atoms with Crippen molar-refractivity contribution >= 4 is 17.7 Å². The van der Waals surface area contributed by atoms with Gasteiger partial charge < -0.3 is 14.4 Å². The first-order valence-corrected chi connectivity index (χ1v) is 10.5. The minimum absolute atomic E-state index is 0.0898. The third kappa shape index (κ3) is 5.37. The first-order valence-electron chi connectivity index (χ1n) is 9.63. The Morgan fingerprint density at radius 1 is 1.06 bits per heavy atom. The summed E-state index contributed by atoms with van der Waals surface area (Å²) in [6.45, 7) is 1.94. The van der Waals surface area contributed by atoms with Crippen molar-refractivity contribution in [2.75, 3.05) is 26.3 Å². The minimum Gasteiger partial charge on any atom is -0.406 e. The Bertz CT molecular complexity index is 1040. The number of hydrogen-bond donors (Lipinski definition) is 0. The van der Waals surface area contributed by atoms with Crippen molar-refractivity contribution in [2.24, 2.45) is 0 Å². The van der Waals surface area contributed by atoms with Gasteiger partial charge in [-0.15, -0.1) is 18.3 Å². The molecule has 1 amide bonds. The molecule has 8 nitrogen and oxygen atoms in total. The van der Waals surface area contributed by atoms with Gasteiger partial charge in [-0.2, -0.15) is 4.68 Å². The third-order valence-corrected chi connectivity index (χ3v) is 5.80. The molecule has 2 heterocycles. The summed E-state index contributed by atoms with van der Waals surface area (Å²) in [6.07, 6.45) is -4.78. The number of carbonyl (C=O) groups excluding carboxylic acids is 1. The molecule has 1 aliphatic heterocycles. The van der Waals surface area contributed by atoms with E-state index in [4.69, 9.17) is 4.74 Å². The van der Waals surface area contributed by atoms with Crippen LogP contribution in [-0.2, 0) is 9.53 Å². The number of aromatic nitrogens is 4. The third-order valence-electron chi connectivity index (χ3n) is 4.63. The number of tetrazole rings is 1. The van der Waals surface area contributed by atoms with Gasteiger partial charge in [0.1, 0.15) is 11.0 Å². The van der Waals surface area contributed by atoms with Gasteiger partial charge in [-0.25, -0.2) is 0 Å². The highest BCUT2D eigenvalue weighted by molar-refractivity contribution is 8.00. The molecule has 0 saturated carbocycles. The maximum absolute atomic E-state index is 13.3. The number of benzene rings is 2. The second kappa shape index (κ2) is 9.57. The molecule has 168 valence electrons. The van der Waals surface area contributed by atoms with Crippen molar-refractivity contribution in [1.82, 2.24) is 25.1 Å². The molecule has 2 aromatic carbocycles. The number of nitrogens with zero attached hydrogens (tertiary/aromatic N) is 5. The number of rotatable bonds is 6. The topological polar surface area (TPSA) is 82.4 Å². The van der Waals surface area contributed by atoms with Gasteiger partial charge in [0.25, 0.3) is 0 Å². The predicted molar refractivity (Wildman–Crippen MR) is 108 cm³/mol. The molecule has 1 atom stereocenters. The summed E-state index contributed by atoms with van der Waals surface area (Å²) in [6, 6.07) is 14.4. The normalized spacial score (nSPS) is 15.4. The molecule has 0 radical (unpaired) electrons. The Balaban J connectivity index is 1.59. The first-order chi connectivity index (χ1) is 15.4. The molecule has 0 unspecified atom stereocenters. The van der Waals surface area contributed by atoms with Crippen LogP contribution in [0.5, 0.6) is 5.75 Å². The number of halogens is 3. The van der Waals surface area contributed by atoms with Crippen LogP contribution in [0.15, 0.2) is 59.8 Å². The number of alkyl halides is 3. The summed E-state index contributed by atoms with van der Waals surface area (Å²) >= 11 is 1.17. The lowest BCUT2D eigenvalue weighted by Crippen LogP contribution is -2.42. The van der Waals surface area contributed by atoms with E-state index in [9.17, 15) is 18.0 Å². The Labute approximate surface area is 185 Å². The summed E-state index contributed by atoms with van der Waals surface area (Å²) in [5, 5.41) is 11.4. The van der Waals surface area contributed by atoms with Gasteiger partial charge in [0.2, 0.25) is 11.1 Å². The van der Waals surface area contributed by atoms with Crippen LogP contribution in [0.25, 0.3) is 5.69 Å². The fourth-order valence-electron chi connectivity index (χ4n) is 3.15. The molecule has 0 aliphatic carbocycles. The lowest BCUT2D eigenvalue weighted by molar-refractivity contribution is -0.274. The van der Waals surface area contributed by atoms with Crippen LogP contribution in [0.1, 0.15) is 10.8 Å². The van der Waals surface area contributed by atoms with Crippen molar-refractivity contribution < 1.29 is 27.4 Å². The van der Waals surface area contributed by atoms with Crippen LogP contribution in [0.3, 0.4) is 0 Å². The Morgan fingerprint density at radius 3 is 2.41 bits per heavy atom. The molecule has 0 spiro atoms. The van der Waals surface area contributed by atoms with Gasteiger partial charge in [0.15, 0.2) is 0 Å². The number of thioether (sulfide) groups is 1. The van der Waals surface area contributed by atoms with Crippen molar-refractivity contribution in [2.45, 2.75) is 16.8 Å². The molecule has 3 aromatic rings. The Hall–Kier alpha value is -3.12. The van der Waals surface area contributed by atoms with Crippen LogP contribution in [0.4, 0.5) is 13.2 Å². The number of carbonyl (C=O) groups is 1. The van der Waals surface area contributed by atoms with Crippen molar-refractivity contribution in [3.63, 3.8) is 0 Å².